The smallest absolute Gasteiger partial charge is 0.270 e. The van der Waals surface area contributed by atoms with E-state index in [0.29, 0.717) is 18.3 Å². The third kappa shape index (κ3) is 4.46. The lowest BCUT2D eigenvalue weighted by atomic mass is 10.1. The molecule has 0 unspecified atom stereocenters. The Bertz CT molecular complexity index is 625. The number of hydrogen-bond acceptors (Lipinski definition) is 5. The standard InChI is InChI=1S/C16H21N3O2S/c1-11(2)18-16-19-13(10-22-16)15(20)17-9-8-12-6-4-5-7-14(12)21-3/h4-7,10-11H,8-9H2,1-3H3,(H,17,20)(H,18,19). The minimum atomic E-state index is -0.150. The molecule has 0 fully saturated rings. The van der Waals surface area contributed by atoms with Gasteiger partial charge in [-0.1, -0.05) is 18.2 Å². The number of thiazole rings is 1. The topological polar surface area (TPSA) is 63.2 Å². The van der Waals surface area contributed by atoms with Crippen molar-refractivity contribution < 1.29 is 9.53 Å². The normalized spacial score (nSPS) is 10.5. The van der Waals surface area contributed by atoms with Crippen molar-refractivity contribution in [3.8, 4) is 5.75 Å². The molecule has 0 aliphatic heterocycles. The fourth-order valence-corrected chi connectivity index (χ4v) is 2.84. The van der Waals surface area contributed by atoms with Gasteiger partial charge in [0.15, 0.2) is 5.13 Å². The molecule has 118 valence electrons. The number of nitrogens with zero attached hydrogens (tertiary/aromatic N) is 1. The van der Waals surface area contributed by atoms with E-state index < -0.39 is 0 Å². The Kier molecular flexibility index (Phi) is 5.77. The predicted molar refractivity (Wildman–Crippen MR) is 89.9 cm³/mol. The first-order valence-corrected chi connectivity index (χ1v) is 8.10. The molecule has 1 aromatic heterocycles. The van der Waals surface area contributed by atoms with Crippen molar-refractivity contribution in [2.24, 2.45) is 0 Å². The molecule has 1 heterocycles. The van der Waals surface area contributed by atoms with Crippen LogP contribution in [0.4, 0.5) is 5.13 Å². The van der Waals surface area contributed by atoms with E-state index >= 15 is 0 Å². The van der Waals surface area contributed by atoms with E-state index in [2.05, 4.69) is 15.6 Å². The third-order valence-electron chi connectivity index (χ3n) is 3.02. The third-order valence-corrected chi connectivity index (χ3v) is 3.79. The summed E-state index contributed by atoms with van der Waals surface area (Å²) in [5.41, 5.74) is 1.53. The molecule has 5 nitrogen and oxygen atoms in total. The number of aromatic nitrogens is 1. The second-order valence-corrected chi connectivity index (χ2v) is 6.01. The summed E-state index contributed by atoms with van der Waals surface area (Å²) in [6.07, 6.45) is 0.719. The monoisotopic (exact) mass is 319 g/mol. The molecular formula is C16H21N3O2S. The average Bonchev–Trinajstić information content (AvgIpc) is 2.95. The Balaban J connectivity index is 1.86. The van der Waals surface area contributed by atoms with Gasteiger partial charge < -0.3 is 15.4 Å². The molecule has 1 amide bonds. The van der Waals surface area contributed by atoms with E-state index in [9.17, 15) is 4.79 Å². The Morgan fingerprint density at radius 3 is 2.86 bits per heavy atom. The number of benzene rings is 1. The number of rotatable bonds is 7. The van der Waals surface area contributed by atoms with Gasteiger partial charge in [0, 0.05) is 18.0 Å². The first-order chi connectivity index (χ1) is 10.6. The zero-order valence-corrected chi connectivity index (χ0v) is 13.9. The van der Waals surface area contributed by atoms with Crippen molar-refractivity contribution >= 4 is 22.4 Å². The molecule has 0 aliphatic rings. The molecule has 2 aromatic rings. The number of para-hydroxylation sites is 1. The first-order valence-electron chi connectivity index (χ1n) is 7.22. The Hall–Kier alpha value is -2.08. The van der Waals surface area contributed by atoms with Crippen LogP contribution < -0.4 is 15.4 Å². The highest BCUT2D eigenvalue weighted by Crippen LogP contribution is 2.18. The van der Waals surface area contributed by atoms with Crippen molar-refractivity contribution in [1.29, 1.82) is 0 Å². The van der Waals surface area contributed by atoms with Crippen LogP contribution in [0.15, 0.2) is 29.6 Å². The molecule has 0 saturated heterocycles. The fourth-order valence-electron chi connectivity index (χ4n) is 2.00. The van der Waals surface area contributed by atoms with Crippen LogP contribution in [0.25, 0.3) is 0 Å². The Morgan fingerprint density at radius 1 is 1.36 bits per heavy atom. The molecule has 2 rings (SSSR count). The summed E-state index contributed by atoms with van der Waals surface area (Å²) in [6.45, 7) is 4.62. The molecule has 0 saturated carbocycles. The Labute approximate surface area is 134 Å². The molecule has 0 bridgehead atoms. The van der Waals surface area contributed by atoms with E-state index in [-0.39, 0.29) is 5.91 Å². The number of ether oxygens (including phenoxy) is 1. The zero-order chi connectivity index (χ0) is 15.9. The number of methoxy groups -OCH3 is 1. The maximum absolute atomic E-state index is 12.1. The molecule has 0 atom stereocenters. The van der Waals surface area contributed by atoms with Crippen LogP contribution in [0, 0.1) is 0 Å². The largest absolute Gasteiger partial charge is 0.496 e. The number of anilines is 1. The van der Waals surface area contributed by atoms with Crippen LogP contribution in [0.1, 0.15) is 29.9 Å². The lowest BCUT2D eigenvalue weighted by molar-refractivity contribution is 0.0950. The van der Waals surface area contributed by atoms with E-state index in [1.807, 2.05) is 38.1 Å². The molecule has 0 radical (unpaired) electrons. The SMILES string of the molecule is COc1ccccc1CCNC(=O)c1csc(NC(C)C)n1. The minimum absolute atomic E-state index is 0.150. The van der Waals surface area contributed by atoms with Gasteiger partial charge in [0.2, 0.25) is 0 Å². The average molecular weight is 319 g/mol. The molecular weight excluding hydrogens is 298 g/mol. The second-order valence-electron chi connectivity index (χ2n) is 5.15. The summed E-state index contributed by atoms with van der Waals surface area (Å²) in [5.74, 6) is 0.691. The van der Waals surface area contributed by atoms with Gasteiger partial charge in [-0.05, 0) is 31.9 Å². The highest BCUT2D eigenvalue weighted by molar-refractivity contribution is 7.13. The number of carbonyl (C=O) groups is 1. The molecule has 0 spiro atoms. The van der Waals surface area contributed by atoms with Crippen molar-refractivity contribution in [3.05, 3.63) is 40.9 Å². The highest BCUT2D eigenvalue weighted by atomic mass is 32.1. The van der Waals surface area contributed by atoms with E-state index in [4.69, 9.17) is 4.74 Å². The number of carbonyl (C=O) groups excluding carboxylic acids is 1. The van der Waals surface area contributed by atoms with Crippen LogP contribution in [-0.4, -0.2) is 30.6 Å². The minimum Gasteiger partial charge on any atom is -0.496 e. The van der Waals surface area contributed by atoms with Gasteiger partial charge in [-0.15, -0.1) is 11.3 Å². The van der Waals surface area contributed by atoms with Crippen molar-refractivity contribution in [2.45, 2.75) is 26.3 Å². The lowest BCUT2D eigenvalue weighted by Crippen LogP contribution is -2.26. The van der Waals surface area contributed by atoms with Gasteiger partial charge in [-0.3, -0.25) is 4.79 Å². The number of amides is 1. The van der Waals surface area contributed by atoms with Crippen molar-refractivity contribution in [2.75, 3.05) is 19.0 Å². The molecule has 1 aromatic carbocycles. The lowest BCUT2D eigenvalue weighted by Gasteiger charge is -2.08. The van der Waals surface area contributed by atoms with Gasteiger partial charge in [0.25, 0.3) is 5.91 Å². The summed E-state index contributed by atoms with van der Waals surface area (Å²) in [7, 11) is 1.65. The molecule has 22 heavy (non-hydrogen) atoms. The summed E-state index contributed by atoms with van der Waals surface area (Å²) in [5, 5.41) is 8.61. The second kappa shape index (κ2) is 7.79. The van der Waals surface area contributed by atoms with Gasteiger partial charge in [-0.2, -0.15) is 0 Å². The summed E-state index contributed by atoms with van der Waals surface area (Å²) < 4.78 is 5.30. The Morgan fingerprint density at radius 2 is 2.14 bits per heavy atom. The van der Waals surface area contributed by atoms with Crippen LogP contribution in [0.2, 0.25) is 0 Å². The zero-order valence-electron chi connectivity index (χ0n) is 13.1. The predicted octanol–water partition coefficient (Wildman–Crippen LogP) is 2.94. The summed E-state index contributed by atoms with van der Waals surface area (Å²) in [6, 6.07) is 8.11. The van der Waals surface area contributed by atoms with Gasteiger partial charge >= 0.3 is 0 Å². The number of nitrogens with one attached hydrogen (secondary N) is 2. The first kappa shape index (κ1) is 16.3. The van der Waals surface area contributed by atoms with Gasteiger partial charge in [-0.25, -0.2) is 4.98 Å². The van der Waals surface area contributed by atoms with Crippen molar-refractivity contribution in [1.82, 2.24) is 10.3 Å². The van der Waals surface area contributed by atoms with E-state index in [1.165, 1.54) is 11.3 Å². The highest BCUT2D eigenvalue weighted by Gasteiger charge is 2.11. The maximum atomic E-state index is 12.1. The van der Waals surface area contributed by atoms with Crippen molar-refractivity contribution in [3.63, 3.8) is 0 Å². The van der Waals surface area contributed by atoms with E-state index in [0.717, 1.165) is 22.9 Å². The van der Waals surface area contributed by atoms with Crippen LogP contribution in [-0.2, 0) is 6.42 Å². The molecule has 6 heteroatoms. The quantitative estimate of drug-likeness (QED) is 0.823. The fraction of sp³-hybridized carbons (Fsp3) is 0.375. The van der Waals surface area contributed by atoms with E-state index in [1.54, 1.807) is 12.5 Å². The molecule has 2 N–H and O–H groups in total. The van der Waals surface area contributed by atoms with Crippen LogP contribution >= 0.6 is 11.3 Å². The summed E-state index contributed by atoms with van der Waals surface area (Å²) >= 11 is 1.44. The van der Waals surface area contributed by atoms with Crippen LogP contribution in [0.5, 0.6) is 5.75 Å². The van der Waals surface area contributed by atoms with Gasteiger partial charge in [0.05, 0.1) is 7.11 Å². The number of hydrogen-bond donors (Lipinski definition) is 2. The van der Waals surface area contributed by atoms with Crippen LogP contribution in [0.3, 0.4) is 0 Å². The summed E-state index contributed by atoms with van der Waals surface area (Å²) in [4.78, 5) is 16.3. The maximum Gasteiger partial charge on any atom is 0.270 e. The molecule has 0 aliphatic carbocycles. The van der Waals surface area contributed by atoms with Gasteiger partial charge in [0.1, 0.15) is 11.4 Å².